The van der Waals surface area contributed by atoms with Gasteiger partial charge >= 0.3 is 0 Å². The number of benzene rings is 1. The minimum atomic E-state index is -0.153. The predicted octanol–water partition coefficient (Wildman–Crippen LogP) is 1.14. The second-order valence-corrected chi connectivity index (χ2v) is 4.25. The first-order valence-corrected chi connectivity index (χ1v) is 5.70. The standard InChI is InChI=1S/C13H16N4O/c1-16(2)15-13(18)12-8-14-17(10-12)9-11-6-4-3-5-7-11/h3-8,10H,9H2,1-2H3,(H,15,18). The Hall–Kier alpha value is -2.14. The fraction of sp³-hybridized carbons (Fsp3) is 0.231. The number of hydrazine groups is 1. The van der Waals surface area contributed by atoms with Crippen LogP contribution in [0.15, 0.2) is 42.7 Å². The normalized spacial score (nSPS) is 10.6. The Morgan fingerprint density at radius 1 is 1.33 bits per heavy atom. The zero-order valence-electron chi connectivity index (χ0n) is 10.5. The molecule has 0 radical (unpaired) electrons. The number of amides is 1. The number of hydrogen-bond donors (Lipinski definition) is 1. The van der Waals surface area contributed by atoms with E-state index in [1.165, 1.54) is 0 Å². The molecule has 0 unspecified atom stereocenters. The Morgan fingerprint density at radius 2 is 2.06 bits per heavy atom. The van der Waals surface area contributed by atoms with Crippen molar-refractivity contribution >= 4 is 5.91 Å². The Labute approximate surface area is 106 Å². The number of carbonyl (C=O) groups excluding carboxylic acids is 1. The monoisotopic (exact) mass is 244 g/mol. The zero-order valence-corrected chi connectivity index (χ0v) is 10.5. The van der Waals surface area contributed by atoms with E-state index in [4.69, 9.17) is 0 Å². The third kappa shape index (κ3) is 3.18. The van der Waals surface area contributed by atoms with Gasteiger partial charge in [-0.05, 0) is 5.56 Å². The molecule has 94 valence electrons. The van der Waals surface area contributed by atoms with E-state index in [2.05, 4.69) is 10.5 Å². The second kappa shape index (κ2) is 5.46. The molecule has 0 atom stereocenters. The molecule has 5 nitrogen and oxygen atoms in total. The van der Waals surface area contributed by atoms with E-state index >= 15 is 0 Å². The quantitative estimate of drug-likeness (QED) is 0.820. The van der Waals surface area contributed by atoms with Gasteiger partial charge in [0, 0.05) is 20.3 Å². The summed E-state index contributed by atoms with van der Waals surface area (Å²) in [5.41, 5.74) is 4.39. The first-order valence-electron chi connectivity index (χ1n) is 5.70. The minimum absolute atomic E-state index is 0.153. The topological polar surface area (TPSA) is 50.2 Å². The Bertz CT molecular complexity index is 519. The van der Waals surface area contributed by atoms with Crippen molar-refractivity contribution in [2.75, 3.05) is 14.1 Å². The van der Waals surface area contributed by atoms with Crippen LogP contribution in [0.5, 0.6) is 0 Å². The van der Waals surface area contributed by atoms with Crippen molar-refractivity contribution in [3.05, 3.63) is 53.9 Å². The van der Waals surface area contributed by atoms with Gasteiger partial charge < -0.3 is 0 Å². The molecule has 0 aliphatic heterocycles. The van der Waals surface area contributed by atoms with E-state index in [9.17, 15) is 4.79 Å². The van der Waals surface area contributed by atoms with Gasteiger partial charge in [0.05, 0.1) is 18.3 Å². The summed E-state index contributed by atoms with van der Waals surface area (Å²) in [7, 11) is 3.54. The van der Waals surface area contributed by atoms with Crippen LogP contribution in [0.3, 0.4) is 0 Å². The van der Waals surface area contributed by atoms with Gasteiger partial charge in [-0.3, -0.25) is 14.9 Å². The Balaban J connectivity index is 2.04. The lowest BCUT2D eigenvalue weighted by atomic mass is 10.2. The average molecular weight is 244 g/mol. The molecule has 2 rings (SSSR count). The molecular formula is C13H16N4O. The van der Waals surface area contributed by atoms with Crippen LogP contribution < -0.4 is 5.43 Å². The highest BCUT2D eigenvalue weighted by Gasteiger charge is 2.08. The van der Waals surface area contributed by atoms with Crippen LogP contribution in [0.25, 0.3) is 0 Å². The summed E-state index contributed by atoms with van der Waals surface area (Å²) in [5.74, 6) is -0.153. The van der Waals surface area contributed by atoms with Crippen LogP contribution in [0.2, 0.25) is 0 Å². The molecule has 0 saturated carbocycles. The molecular weight excluding hydrogens is 228 g/mol. The molecule has 1 amide bonds. The van der Waals surface area contributed by atoms with Crippen molar-refractivity contribution in [1.82, 2.24) is 20.2 Å². The van der Waals surface area contributed by atoms with Crippen LogP contribution in [-0.2, 0) is 6.54 Å². The highest BCUT2D eigenvalue weighted by Crippen LogP contribution is 2.03. The number of carbonyl (C=O) groups is 1. The van der Waals surface area contributed by atoms with E-state index in [-0.39, 0.29) is 5.91 Å². The molecule has 18 heavy (non-hydrogen) atoms. The largest absolute Gasteiger partial charge is 0.285 e. The van der Waals surface area contributed by atoms with Crippen molar-refractivity contribution in [2.24, 2.45) is 0 Å². The van der Waals surface area contributed by atoms with Gasteiger partial charge in [0.1, 0.15) is 0 Å². The lowest BCUT2D eigenvalue weighted by Gasteiger charge is -2.09. The van der Waals surface area contributed by atoms with Crippen LogP contribution in [-0.4, -0.2) is 34.8 Å². The van der Waals surface area contributed by atoms with Crippen LogP contribution in [0, 0.1) is 0 Å². The van der Waals surface area contributed by atoms with Crippen molar-refractivity contribution in [2.45, 2.75) is 6.54 Å². The molecule has 0 bridgehead atoms. The van der Waals surface area contributed by atoms with E-state index < -0.39 is 0 Å². The molecule has 1 N–H and O–H groups in total. The summed E-state index contributed by atoms with van der Waals surface area (Å²) in [6.07, 6.45) is 3.31. The third-order valence-electron chi connectivity index (χ3n) is 2.41. The molecule has 1 aromatic carbocycles. The van der Waals surface area contributed by atoms with Crippen molar-refractivity contribution in [3.63, 3.8) is 0 Å². The molecule has 0 saturated heterocycles. The summed E-state index contributed by atoms with van der Waals surface area (Å²) in [4.78, 5) is 11.7. The zero-order chi connectivity index (χ0) is 13.0. The molecule has 0 spiro atoms. The predicted molar refractivity (Wildman–Crippen MR) is 68.9 cm³/mol. The summed E-state index contributed by atoms with van der Waals surface area (Å²) in [5, 5.41) is 5.79. The van der Waals surface area contributed by atoms with Crippen molar-refractivity contribution in [3.8, 4) is 0 Å². The number of nitrogens with one attached hydrogen (secondary N) is 1. The van der Waals surface area contributed by atoms with E-state index in [1.54, 1.807) is 36.2 Å². The minimum Gasteiger partial charge on any atom is -0.285 e. The van der Waals surface area contributed by atoms with E-state index in [1.807, 2.05) is 30.3 Å². The summed E-state index contributed by atoms with van der Waals surface area (Å²) >= 11 is 0. The Kier molecular flexibility index (Phi) is 3.74. The van der Waals surface area contributed by atoms with E-state index in [0.717, 1.165) is 5.56 Å². The summed E-state index contributed by atoms with van der Waals surface area (Å²) in [6, 6.07) is 10.0. The molecule has 0 aliphatic carbocycles. The number of nitrogens with zero attached hydrogens (tertiary/aromatic N) is 3. The molecule has 0 fully saturated rings. The van der Waals surface area contributed by atoms with Gasteiger partial charge in [-0.2, -0.15) is 5.10 Å². The first-order chi connectivity index (χ1) is 8.65. The number of aromatic nitrogens is 2. The van der Waals surface area contributed by atoms with Gasteiger partial charge in [-0.25, -0.2) is 5.01 Å². The molecule has 5 heteroatoms. The Morgan fingerprint density at radius 3 is 2.72 bits per heavy atom. The lowest BCUT2D eigenvalue weighted by Crippen LogP contribution is -2.35. The van der Waals surface area contributed by atoms with Gasteiger partial charge in [0.25, 0.3) is 5.91 Å². The number of rotatable bonds is 4. The fourth-order valence-corrected chi connectivity index (χ4v) is 1.61. The number of hydrogen-bond acceptors (Lipinski definition) is 3. The highest BCUT2D eigenvalue weighted by atomic mass is 16.2. The lowest BCUT2D eigenvalue weighted by molar-refractivity contribution is 0.0857. The molecule has 0 aliphatic rings. The van der Waals surface area contributed by atoms with E-state index in [0.29, 0.717) is 12.1 Å². The van der Waals surface area contributed by atoms with Crippen LogP contribution >= 0.6 is 0 Å². The SMILES string of the molecule is CN(C)NC(=O)c1cnn(Cc2ccccc2)c1. The summed E-state index contributed by atoms with van der Waals surface area (Å²) < 4.78 is 1.75. The maximum Gasteiger partial charge on any atom is 0.268 e. The highest BCUT2D eigenvalue weighted by molar-refractivity contribution is 5.93. The van der Waals surface area contributed by atoms with Crippen LogP contribution in [0.4, 0.5) is 0 Å². The van der Waals surface area contributed by atoms with Gasteiger partial charge in [0.2, 0.25) is 0 Å². The van der Waals surface area contributed by atoms with Crippen LogP contribution in [0.1, 0.15) is 15.9 Å². The van der Waals surface area contributed by atoms with Gasteiger partial charge in [0.15, 0.2) is 0 Å². The maximum atomic E-state index is 11.7. The third-order valence-corrected chi connectivity index (χ3v) is 2.41. The molecule has 1 heterocycles. The second-order valence-electron chi connectivity index (χ2n) is 4.25. The fourth-order valence-electron chi connectivity index (χ4n) is 1.61. The average Bonchev–Trinajstić information content (AvgIpc) is 2.78. The van der Waals surface area contributed by atoms with Crippen molar-refractivity contribution < 1.29 is 4.79 Å². The smallest absolute Gasteiger partial charge is 0.268 e. The molecule has 1 aromatic heterocycles. The van der Waals surface area contributed by atoms with Crippen molar-refractivity contribution in [1.29, 1.82) is 0 Å². The maximum absolute atomic E-state index is 11.7. The van der Waals surface area contributed by atoms with Gasteiger partial charge in [-0.1, -0.05) is 30.3 Å². The molecule has 2 aromatic rings. The van der Waals surface area contributed by atoms with Gasteiger partial charge in [-0.15, -0.1) is 0 Å². The summed E-state index contributed by atoms with van der Waals surface area (Å²) in [6.45, 7) is 0.663. The first kappa shape index (κ1) is 12.3.